The van der Waals surface area contributed by atoms with E-state index in [0.717, 1.165) is 22.3 Å². The first-order valence-electron chi connectivity index (χ1n) is 12.0. The predicted octanol–water partition coefficient (Wildman–Crippen LogP) is 5.25. The molecule has 8 nitrogen and oxygen atoms in total. The van der Waals surface area contributed by atoms with E-state index in [2.05, 4.69) is 15.3 Å². The largest absolute Gasteiger partial charge is 0.467 e. The SMILES string of the molecule is CCS(=O)(=O)c1ncc(N(Cc2ccc(C)cc2)Cc2ccco2)c(C(=O)Nc2cc(C)ccc2C)n1. The van der Waals surface area contributed by atoms with Gasteiger partial charge in [0.25, 0.3) is 5.91 Å². The molecule has 0 saturated heterocycles. The molecule has 1 amide bonds. The molecule has 0 fully saturated rings. The molecule has 0 saturated carbocycles. The van der Waals surface area contributed by atoms with Crippen molar-refractivity contribution in [3.8, 4) is 0 Å². The van der Waals surface area contributed by atoms with Crippen molar-refractivity contribution >= 4 is 27.1 Å². The number of carbonyl (C=O) groups is 1. The first kappa shape index (κ1) is 26.1. The quantitative estimate of drug-likeness (QED) is 0.302. The highest BCUT2D eigenvalue weighted by Crippen LogP contribution is 2.26. The van der Waals surface area contributed by atoms with Crippen LogP contribution in [0, 0.1) is 20.8 Å². The van der Waals surface area contributed by atoms with Crippen molar-refractivity contribution in [2.45, 2.75) is 45.9 Å². The molecule has 192 valence electrons. The summed E-state index contributed by atoms with van der Waals surface area (Å²) < 4.78 is 30.8. The lowest BCUT2D eigenvalue weighted by Gasteiger charge is -2.26. The Morgan fingerprint density at radius 2 is 1.73 bits per heavy atom. The van der Waals surface area contributed by atoms with E-state index in [1.165, 1.54) is 13.1 Å². The second-order valence-electron chi connectivity index (χ2n) is 8.98. The molecule has 0 bridgehead atoms. The van der Waals surface area contributed by atoms with E-state index in [0.29, 0.717) is 30.2 Å². The third kappa shape index (κ3) is 6.24. The second kappa shape index (κ2) is 11.0. The van der Waals surface area contributed by atoms with Crippen LogP contribution in [-0.2, 0) is 22.9 Å². The average Bonchev–Trinajstić information content (AvgIpc) is 3.40. The first-order chi connectivity index (χ1) is 17.7. The Labute approximate surface area is 217 Å². The lowest BCUT2D eigenvalue weighted by atomic mass is 10.1. The van der Waals surface area contributed by atoms with Gasteiger partial charge in [-0.2, -0.15) is 0 Å². The summed E-state index contributed by atoms with van der Waals surface area (Å²) in [7, 11) is -3.74. The van der Waals surface area contributed by atoms with Crippen molar-refractivity contribution in [1.29, 1.82) is 0 Å². The number of hydrogen-bond acceptors (Lipinski definition) is 7. The fraction of sp³-hybridized carbons (Fsp3) is 0.250. The minimum atomic E-state index is -3.74. The van der Waals surface area contributed by atoms with Gasteiger partial charge < -0.3 is 14.6 Å². The van der Waals surface area contributed by atoms with Crippen LogP contribution in [0.3, 0.4) is 0 Å². The Balaban J connectivity index is 1.81. The Bertz CT molecular complexity index is 1500. The number of anilines is 2. The topological polar surface area (TPSA) is 105 Å². The van der Waals surface area contributed by atoms with Crippen molar-refractivity contribution in [1.82, 2.24) is 9.97 Å². The van der Waals surface area contributed by atoms with Gasteiger partial charge in [0.1, 0.15) is 5.76 Å². The number of nitrogens with one attached hydrogen (secondary N) is 1. The number of furan rings is 1. The van der Waals surface area contributed by atoms with Crippen molar-refractivity contribution in [2.24, 2.45) is 0 Å². The summed E-state index contributed by atoms with van der Waals surface area (Å²) in [5.41, 5.74) is 5.00. The molecule has 4 aromatic rings. The van der Waals surface area contributed by atoms with Gasteiger partial charge in [-0.3, -0.25) is 4.79 Å². The van der Waals surface area contributed by atoms with E-state index >= 15 is 0 Å². The van der Waals surface area contributed by atoms with Gasteiger partial charge in [0, 0.05) is 12.2 Å². The summed E-state index contributed by atoms with van der Waals surface area (Å²) in [6, 6.07) is 17.4. The van der Waals surface area contributed by atoms with Gasteiger partial charge in [-0.1, -0.05) is 48.9 Å². The Kier molecular flexibility index (Phi) is 7.73. The molecule has 37 heavy (non-hydrogen) atoms. The maximum atomic E-state index is 13.6. The fourth-order valence-electron chi connectivity index (χ4n) is 3.82. The smallest absolute Gasteiger partial charge is 0.276 e. The lowest BCUT2D eigenvalue weighted by molar-refractivity contribution is 0.102. The summed E-state index contributed by atoms with van der Waals surface area (Å²) in [6.45, 7) is 8.11. The molecule has 2 aromatic carbocycles. The highest BCUT2D eigenvalue weighted by Gasteiger charge is 2.25. The first-order valence-corrected chi connectivity index (χ1v) is 13.6. The van der Waals surface area contributed by atoms with Crippen LogP contribution in [0.4, 0.5) is 11.4 Å². The molecule has 0 unspecified atom stereocenters. The highest BCUT2D eigenvalue weighted by molar-refractivity contribution is 7.91. The number of aryl methyl sites for hydroxylation is 3. The Morgan fingerprint density at radius 1 is 1.00 bits per heavy atom. The molecule has 9 heteroatoms. The molecule has 0 radical (unpaired) electrons. The van der Waals surface area contributed by atoms with Gasteiger partial charge in [0.05, 0.1) is 30.4 Å². The van der Waals surface area contributed by atoms with Crippen LogP contribution >= 0.6 is 0 Å². The van der Waals surface area contributed by atoms with Crippen LogP contribution in [0.15, 0.2) is 76.6 Å². The highest BCUT2D eigenvalue weighted by atomic mass is 32.2. The number of aromatic nitrogens is 2. The van der Waals surface area contributed by atoms with Crippen molar-refractivity contribution < 1.29 is 17.6 Å². The Hall–Kier alpha value is -3.98. The van der Waals surface area contributed by atoms with Crippen LogP contribution in [0.25, 0.3) is 0 Å². The van der Waals surface area contributed by atoms with E-state index in [1.807, 2.05) is 74.2 Å². The summed E-state index contributed by atoms with van der Waals surface area (Å²) in [6.07, 6.45) is 2.99. The van der Waals surface area contributed by atoms with Gasteiger partial charge in [-0.25, -0.2) is 18.4 Å². The third-order valence-corrected chi connectivity index (χ3v) is 7.54. The second-order valence-corrected chi connectivity index (χ2v) is 11.2. The van der Waals surface area contributed by atoms with Crippen LogP contribution in [-0.4, -0.2) is 30.0 Å². The average molecular weight is 519 g/mol. The molecule has 0 atom stereocenters. The van der Waals surface area contributed by atoms with Gasteiger partial charge in [0.15, 0.2) is 5.69 Å². The molecule has 0 spiro atoms. The van der Waals surface area contributed by atoms with Crippen LogP contribution < -0.4 is 10.2 Å². The number of carbonyl (C=O) groups excluding carboxylic acids is 1. The molecule has 0 aliphatic heterocycles. The molecule has 0 aliphatic rings. The Morgan fingerprint density at radius 3 is 2.41 bits per heavy atom. The summed E-state index contributed by atoms with van der Waals surface area (Å²) in [5, 5.41) is 2.54. The number of sulfone groups is 1. The van der Waals surface area contributed by atoms with E-state index in [-0.39, 0.29) is 16.6 Å². The van der Waals surface area contributed by atoms with Crippen LogP contribution in [0.2, 0.25) is 0 Å². The standard InChI is InChI=1S/C28H30N4O4S/c1-5-37(34,35)28-29-16-25(26(31-28)27(33)30-24-15-20(3)8-11-21(24)4)32(18-23-7-6-14-36-23)17-22-12-9-19(2)10-13-22/h6-16H,5,17-18H2,1-4H3,(H,30,33). The van der Waals surface area contributed by atoms with E-state index < -0.39 is 15.7 Å². The van der Waals surface area contributed by atoms with Crippen molar-refractivity contribution in [3.63, 3.8) is 0 Å². The molecule has 1 N–H and O–H groups in total. The van der Waals surface area contributed by atoms with Crippen LogP contribution in [0.1, 0.15) is 45.4 Å². The predicted molar refractivity (Wildman–Crippen MR) is 143 cm³/mol. The minimum Gasteiger partial charge on any atom is -0.467 e. The molecule has 0 aliphatic carbocycles. The molecule has 4 rings (SSSR count). The van der Waals surface area contributed by atoms with E-state index in [1.54, 1.807) is 12.3 Å². The lowest BCUT2D eigenvalue weighted by Crippen LogP contribution is -2.28. The van der Waals surface area contributed by atoms with Gasteiger partial charge >= 0.3 is 0 Å². The zero-order chi connectivity index (χ0) is 26.6. The summed E-state index contributed by atoms with van der Waals surface area (Å²) >= 11 is 0. The van der Waals surface area contributed by atoms with E-state index in [4.69, 9.17) is 4.42 Å². The van der Waals surface area contributed by atoms with Gasteiger partial charge in [0.2, 0.25) is 15.0 Å². The zero-order valence-corrected chi connectivity index (χ0v) is 22.2. The summed E-state index contributed by atoms with van der Waals surface area (Å²) in [5.74, 6) is -0.0191. The summed E-state index contributed by atoms with van der Waals surface area (Å²) in [4.78, 5) is 24.0. The molecule has 2 aromatic heterocycles. The molecular formula is C28H30N4O4S. The maximum absolute atomic E-state index is 13.6. The van der Waals surface area contributed by atoms with Gasteiger partial charge in [-0.15, -0.1) is 0 Å². The normalized spacial score (nSPS) is 11.4. The van der Waals surface area contributed by atoms with Crippen molar-refractivity contribution in [2.75, 3.05) is 16.0 Å². The van der Waals surface area contributed by atoms with Crippen molar-refractivity contribution in [3.05, 3.63) is 101 Å². The minimum absolute atomic E-state index is 0.0263. The van der Waals surface area contributed by atoms with Gasteiger partial charge in [-0.05, 0) is 55.7 Å². The van der Waals surface area contributed by atoms with Crippen LogP contribution in [0.5, 0.6) is 0 Å². The number of amides is 1. The molecular weight excluding hydrogens is 488 g/mol. The number of rotatable bonds is 9. The number of hydrogen-bond donors (Lipinski definition) is 1. The fourth-order valence-corrected chi connectivity index (χ4v) is 4.52. The zero-order valence-electron chi connectivity index (χ0n) is 21.4. The number of nitrogens with zero attached hydrogens (tertiary/aromatic N) is 3. The third-order valence-electron chi connectivity index (χ3n) is 6.02. The molecule has 2 heterocycles. The van der Waals surface area contributed by atoms with E-state index in [9.17, 15) is 13.2 Å². The maximum Gasteiger partial charge on any atom is 0.276 e. The monoisotopic (exact) mass is 518 g/mol. The number of benzene rings is 2.